The van der Waals surface area contributed by atoms with E-state index >= 15 is 0 Å². The van der Waals surface area contributed by atoms with Gasteiger partial charge in [0, 0.05) is 5.02 Å². The van der Waals surface area contributed by atoms with Crippen molar-refractivity contribution >= 4 is 46.7 Å². The molecule has 1 saturated heterocycles. The van der Waals surface area contributed by atoms with Crippen LogP contribution >= 0.6 is 23.2 Å². The van der Waals surface area contributed by atoms with Crippen LogP contribution in [0.4, 0.5) is 5.69 Å². The van der Waals surface area contributed by atoms with E-state index in [4.69, 9.17) is 27.9 Å². The molecule has 3 fully saturated rings. The lowest BCUT2D eigenvalue weighted by Crippen LogP contribution is -2.40. The average Bonchev–Trinajstić information content (AvgIpc) is 3.54. The van der Waals surface area contributed by atoms with Crippen molar-refractivity contribution in [2.45, 2.75) is 6.42 Å². The summed E-state index contributed by atoms with van der Waals surface area (Å²) < 4.78 is 5.34. The maximum absolute atomic E-state index is 13.2. The van der Waals surface area contributed by atoms with Crippen molar-refractivity contribution in [3.63, 3.8) is 0 Å². The highest BCUT2D eigenvalue weighted by atomic mass is 35.5. The van der Waals surface area contributed by atoms with E-state index < -0.39 is 5.97 Å². The molecule has 7 heteroatoms. The summed E-state index contributed by atoms with van der Waals surface area (Å²) in [6, 6.07) is 10.9. The van der Waals surface area contributed by atoms with Crippen molar-refractivity contribution < 1.29 is 19.1 Å². The molecule has 5 nitrogen and oxygen atoms in total. The van der Waals surface area contributed by atoms with Gasteiger partial charge in [0.25, 0.3) is 0 Å². The molecule has 4 aliphatic carbocycles. The predicted octanol–water partition coefficient (Wildman–Crippen LogP) is 4.77. The van der Waals surface area contributed by atoms with E-state index in [0.29, 0.717) is 22.5 Å². The van der Waals surface area contributed by atoms with Gasteiger partial charge in [-0.15, -0.1) is 0 Å². The largest absolute Gasteiger partial charge is 0.421 e. The van der Waals surface area contributed by atoms with Crippen molar-refractivity contribution in [3.05, 3.63) is 70.2 Å². The molecule has 6 atom stereocenters. The third kappa shape index (κ3) is 2.80. The minimum atomic E-state index is -0.592. The summed E-state index contributed by atoms with van der Waals surface area (Å²) in [4.78, 5) is 40.2. The summed E-state index contributed by atoms with van der Waals surface area (Å²) >= 11 is 11.9. The Morgan fingerprint density at radius 2 is 1.52 bits per heavy atom. The van der Waals surface area contributed by atoms with Crippen molar-refractivity contribution in [1.29, 1.82) is 0 Å². The third-order valence-electron chi connectivity index (χ3n) is 7.12. The molecular formula is C24H17Cl2NO4. The van der Waals surface area contributed by atoms with Crippen molar-refractivity contribution in [2.24, 2.45) is 35.5 Å². The van der Waals surface area contributed by atoms with E-state index in [1.807, 2.05) is 0 Å². The molecule has 0 radical (unpaired) electrons. The SMILES string of the molecule is O=C(Oc1ccc(Cl)cc1Cl)c1ccc(N2C(=O)[C@@H]3[C@H]4C=C[C@@H]([C@@H]5C[C@@H]45)[C@H]3C2=O)cc1. The topological polar surface area (TPSA) is 63.7 Å². The highest BCUT2D eigenvalue weighted by molar-refractivity contribution is 6.35. The number of esters is 1. The van der Waals surface area contributed by atoms with Gasteiger partial charge in [-0.1, -0.05) is 35.4 Å². The van der Waals surface area contributed by atoms with Crippen molar-refractivity contribution in [2.75, 3.05) is 4.90 Å². The number of allylic oxidation sites excluding steroid dienone is 2. The van der Waals surface area contributed by atoms with E-state index in [1.54, 1.807) is 30.3 Å². The fraction of sp³-hybridized carbons (Fsp3) is 0.292. The zero-order valence-electron chi connectivity index (χ0n) is 16.2. The van der Waals surface area contributed by atoms with E-state index in [9.17, 15) is 14.4 Å². The van der Waals surface area contributed by atoms with Crippen LogP contribution in [0.25, 0.3) is 0 Å². The molecule has 0 unspecified atom stereocenters. The van der Waals surface area contributed by atoms with Gasteiger partial charge < -0.3 is 4.74 Å². The predicted molar refractivity (Wildman–Crippen MR) is 115 cm³/mol. The molecule has 1 aliphatic heterocycles. The molecule has 0 N–H and O–H groups in total. The minimum absolute atomic E-state index is 0.122. The second-order valence-electron chi connectivity index (χ2n) is 8.68. The second kappa shape index (κ2) is 6.68. The summed E-state index contributed by atoms with van der Waals surface area (Å²) in [5.41, 5.74) is 0.771. The zero-order chi connectivity index (χ0) is 21.4. The molecule has 7 rings (SSSR count). The maximum Gasteiger partial charge on any atom is 0.343 e. The number of rotatable bonds is 3. The van der Waals surface area contributed by atoms with Gasteiger partial charge in [-0.2, -0.15) is 0 Å². The van der Waals surface area contributed by atoms with E-state index in [1.165, 1.54) is 17.0 Å². The fourth-order valence-electron chi connectivity index (χ4n) is 5.67. The number of amides is 2. The Balaban J connectivity index is 1.23. The molecule has 1 heterocycles. The van der Waals surface area contributed by atoms with Crippen LogP contribution in [0.5, 0.6) is 5.75 Å². The van der Waals surface area contributed by atoms with Gasteiger partial charge in [0.1, 0.15) is 5.75 Å². The molecule has 0 spiro atoms. The van der Waals surface area contributed by atoms with Crippen LogP contribution in [-0.4, -0.2) is 17.8 Å². The number of carbonyl (C=O) groups is 3. The summed E-state index contributed by atoms with van der Waals surface area (Å²) in [7, 11) is 0. The summed E-state index contributed by atoms with van der Waals surface area (Å²) in [5.74, 6) is 0.354. The Hall–Kier alpha value is -2.63. The number of benzene rings is 2. The normalized spacial score (nSPS) is 32.1. The number of hydrogen-bond donors (Lipinski definition) is 0. The number of halogens is 2. The van der Waals surface area contributed by atoms with Crippen LogP contribution in [0.1, 0.15) is 16.8 Å². The van der Waals surface area contributed by atoms with E-state index in [2.05, 4.69) is 12.2 Å². The van der Waals surface area contributed by atoms with Crippen LogP contribution in [0.3, 0.4) is 0 Å². The van der Waals surface area contributed by atoms with Crippen molar-refractivity contribution in [1.82, 2.24) is 0 Å². The molecule has 2 saturated carbocycles. The summed E-state index contributed by atoms with van der Waals surface area (Å²) in [6.07, 6.45) is 5.43. The van der Waals surface area contributed by atoms with Gasteiger partial charge in [0.05, 0.1) is 28.1 Å². The Bertz CT molecular complexity index is 1140. The van der Waals surface area contributed by atoms with Gasteiger partial charge >= 0.3 is 5.97 Å². The molecule has 2 bridgehead atoms. The van der Waals surface area contributed by atoms with Gasteiger partial charge in [0.15, 0.2) is 0 Å². The highest BCUT2D eigenvalue weighted by Gasteiger charge is 2.67. The second-order valence-corrected chi connectivity index (χ2v) is 9.52. The number of imide groups is 1. The molecule has 2 aromatic rings. The average molecular weight is 454 g/mol. The zero-order valence-corrected chi connectivity index (χ0v) is 17.7. The van der Waals surface area contributed by atoms with Crippen LogP contribution in [-0.2, 0) is 9.59 Å². The summed E-state index contributed by atoms with van der Waals surface area (Å²) in [5, 5.41) is 0.672. The number of carbonyl (C=O) groups excluding carboxylic acids is 3. The Kier molecular flexibility index (Phi) is 4.11. The van der Waals surface area contributed by atoms with Crippen LogP contribution in [0.15, 0.2) is 54.6 Å². The van der Waals surface area contributed by atoms with Gasteiger partial charge in [-0.05, 0) is 72.6 Å². The van der Waals surface area contributed by atoms with Gasteiger partial charge in [0.2, 0.25) is 11.8 Å². The third-order valence-corrected chi connectivity index (χ3v) is 7.65. The smallest absolute Gasteiger partial charge is 0.343 e. The fourth-order valence-corrected chi connectivity index (χ4v) is 6.12. The monoisotopic (exact) mass is 453 g/mol. The lowest BCUT2D eigenvalue weighted by atomic mass is 9.63. The van der Waals surface area contributed by atoms with Gasteiger partial charge in [-0.3, -0.25) is 14.5 Å². The number of anilines is 1. The van der Waals surface area contributed by atoms with Crippen LogP contribution in [0.2, 0.25) is 10.0 Å². The first kappa shape index (κ1) is 19.1. The minimum Gasteiger partial charge on any atom is -0.421 e. The lowest BCUT2D eigenvalue weighted by molar-refractivity contribution is -0.124. The van der Waals surface area contributed by atoms with E-state index in [-0.39, 0.29) is 51.8 Å². The molecule has 2 aromatic carbocycles. The molecule has 31 heavy (non-hydrogen) atoms. The van der Waals surface area contributed by atoms with Crippen LogP contribution in [0, 0.1) is 35.5 Å². The number of ether oxygens (including phenoxy) is 1. The first-order valence-corrected chi connectivity index (χ1v) is 11.0. The first-order valence-electron chi connectivity index (χ1n) is 10.3. The van der Waals surface area contributed by atoms with Crippen molar-refractivity contribution in [3.8, 4) is 5.75 Å². The first-order chi connectivity index (χ1) is 14.9. The van der Waals surface area contributed by atoms with Crippen LogP contribution < -0.4 is 9.64 Å². The Morgan fingerprint density at radius 1 is 0.903 bits per heavy atom. The maximum atomic E-state index is 13.2. The molecule has 2 amide bonds. The molecular weight excluding hydrogens is 437 g/mol. The summed E-state index contributed by atoms with van der Waals surface area (Å²) in [6.45, 7) is 0. The number of hydrogen-bond acceptors (Lipinski definition) is 4. The lowest BCUT2D eigenvalue weighted by Gasteiger charge is -2.37. The Morgan fingerprint density at radius 3 is 2.10 bits per heavy atom. The quantitative estimate of drug-likeness (QED) is 0.290. The molecule has 156 valence electrons. The Labute approximate surface area is 188 Å². The van der Waals surface area contributed by atoms with E-state index in [0.717, 1.165) is 6.42 Å². The standard InChI is InChI=1S/C24H17Cl2NO4/c25-12-3-8-19(18(26)9-12)31-24(30)11-1-4-13(5-2-11)27-22(28)20-14-6-7-15(17-10-16(14)17)21(20)23(27)29/h1-9,14-17,20-21H,10H2/t14-,15-,16-,17-,20+,21+/m0/s1. The molecule has 5 aliphatic rings. The molecule has 0 aromatic heterocycles. The number of nitrogens with zero attached hydrogens (tertiary/aromatic N) is 1. The van der Waals surface area contributed by atoms with Gasteiger partial charge in [-0.25, -0.2) is 4.79 Å². The highest BCUT2D eigenvalue weighted by Crippen LogP contribution is 2.65.